The number of ether oxygens (including phenoxy) is 2. The van der Waals surface area contributed by atoms with Crippen LogP contribution in [0.25, 0.3) is 0 Å². The Labute approximate surface area is 102 Å². The van der Waals surface area contributed by atoms with Crippen molar-refractivity contribution < 1.29 is 9.47 Å². The zero-order chi connectivity index (χ0) is 11.8. The van der Waals surface area contributed by atoms with E-state index in [0.29, 0.717) is 10.8 Å². The fourth-order valence-electron chi connectivity index (χ4n) is 1.38. The molecule has 90 valence electrons. The minimum Gasteiger partial charge on any atom is -0.495 e. The second-order valence-electron chi connectivity index (χ2n) is 3.48. The van der Waals surface area contributed by atoms with Crippen LogP contribution >= 0.6 is 11.6 Å². The van der Waals surface area contributed by atoms with E-state index in [2.05, 4.69) is 5.32 Å². The lowest BCUT2D eigenvalue weighted by Crippen LogP contribution is -2.03. The molecule has 1 rings (SSSR count). The highest BCUT2D eigenvalue weighted by atomic mass is 35.5. The molecule has 1 N–H and O–H groups in total. The Hall–Kier alpha value is -0.930. The predicted octanol–water partition coefficient (Wildman–Crippen LogP) is 3.19. The van der Waals surface area contributed by atoms with E-state index >= 15 is 0 Å². The molecular formula is C12H18ClNO2. The van der Waals surface area contributed by atoms with Crippen molar-refractivity contribution in [3.05, 3.63) is 23.2 Å². The van der Waals surface area contributed by atoms with Gasteiger partial charge in [-0.25, -0.2) is 0 Å². The first-order valence-electron chi connectivity index (χ1n) is 5.34. The molecule has 0 amide bonds. The molecule has 1 aromatic rings. The Morgan fingerprint density at radius 3 is 2.69 bits per heavy atom. The molecule has 3 nitrogen and oxygen atoms in total. The Balaban J connectivity index is 2.34. The van der Waals surface area contributed by atoms with E-state index in [1.165, 1.54) is 0 Å². The fourth-order valence-corrected chi connectivity index (χ4v) is 1.64. The molecule has 4 heteroatoms. The van der Waals surface area contributed by atoms with Crippen LogP contribution in [0, 0.1) is 0 Å². The topological polar surface area (TPSA) is 30.5 Å². The van der Waals surface area contributed by atoms with Crippen LogP contribution in [0.4, 0.5) is 5.69 Å². The molecule has 0 bridgehead atoms. The summed E-state index contributed by atoms with van der Waals surface area (Å²) in [5.74, 6) is 0.701. The summed E-state index contributed by atoms with van der Waals surface area (Å²) >= 11 is 6.01. The third-order valence-electron chi connectivity index (χ3n) is 2.26. The Kier molecular flexibility index (Phi) is 6.04. The van der Waals surface area contributed by atoms with E-state index in [1.54, 1.807) is 14.2 Å². The number of halogens is 1. The quantitative estimate of drug-likeness (QED) is 0.746. The van der Waals surface area contributed by atoms with Gasteiger partial charge in [-0.1, -0.05) is 11.6 Å². The molecule has 0 aliphatic rings. The van der Waals surface area contributed by atoms with E-state index in [4.69, 9.17) is 21.1 Å². The van der Waals surface area contributed by atoms with Gasteiger partial charge in [0.2, 0.25) is 0 Å². The highest BCUT2D eigenvalue weighted by Gasteiger charge is 2.00. The third kappa shape index (κ3) is 4.29. The van der Waals surface area contributed by atoms with Gasteiger partial charge < -0.3 is 14.8 Å². The number of methoxy groups -OCH3 is 2. The number of unbranched alkanes of at least 4 members (excludes halogenated alkanes) is 1. The molecule has 0 atom stereocenters. The van der Waals surface area contributed by atoms with Gasteiger partial charge in [0.1, 0.15) is 5.75 Å². The van der Waals surface area contributed by atoms with Crippen molar-refractivity contribution in [3.8, 4) is 5.75 Å². The maximum Gasteiger partial charge on any atom is 0.137 e. The summed E-state index contributed by atoms with van der Waals surface area (Å²) in [7, 11) is 3.33. The third-order valence-corrected chi connectivity index (χ3v) is 2.55. The van der Waals surface area contributed by atoms with E-state index in [-0.39, 0.29) is 0 Å². The molecular weight excluding hydrogens is 226 g/mol. The molecule has 0 unspecified atom stereocenters. The average Bonchev–Trinajstić information content (AvgIpc) is 2.29. The summed E-state index contributed by atoms with van der Waals surface area (Å²) in [6.45, 7) is 1.73. The molecule has 0 fully saturated rings. The van der Waals surface area contributed by atoms with Gasteiger partial charge >= 0.3 is 0 Å². The molecule has 0 spiro atoms. The van der Waals surface area contributed by atoms with Crippen LogP contribution in [-0.4, -0.2) is 27.4 Å². The summed E-state index contributed by atoms with van der Waals surface area (Å²) in [6, 6.07) is 5.69. The zero-order valence-electron chi connectivity index (χ0n) is 9.75. The second kappa shape index (κ2) is 7.36. The van der Waals surface area contributed by atoms with Gasteiger partial charge in [-0.05, 0) is 31.0 Å². The SMILES string of the molecule is COCCCCNc1ccc(OC)c(Cl)c1. The molecule has 0 saturated heterocycles. The number of anilines is 1. The van der Waals surface area contributed by atoms with Crippen molar-refractivity contribution >= 4 is 17.3 Å². The second-order valence-corrected chi connectivity index (χ2v) is 3.88. The van der Waals surface area contributed by atoms with Gasteiger partial charge in [-0.15, -0.1) is 0 Å². The van der Waals surface area contributed by atoms with Gasteiger partial charge in [-0.2, -0.15) is 0 Å². The van der Waals surface area contributed by atoms with Crippen LogP contribution in [0.2, 0.25) is 5.02 Å². The largest absolute Gasteiger partial charge is 0.495 e. The molecule has 0 aliphatic carbocycles. The normalized spacial score (nSPS) is 10.2. The van der Waals surface area contributed by atoms with E-state index in [9.17, 15) is 0 Å². The zero-order valence-corrected chi connectivity index (χ0v) is 10.5. The highest BCUT2D eigenvalue weighted by Crippen LogP contribution is 2.27. The lowest BCUT2D eigenvalue weighted by atomic mass is 10.2. The number of nitrogens with one attached hydrogen (secondary N) is 1. The first-order valence-corrected chi connectivity index (χ1v) is 5.72. The molecule has 0 heterocycles. The Bertz CT molecular complexity index is 318. The number of benzene rings is 1. The van der Waals surface area contributed by atoms with Gasteiger partial charge in [-0.3, -0.25) is 0 Å². The van der Waals surface area contributed by atoms with Crippen LogP contribution in [-0.2, 0) is 4.74 Å². The molecule has 0 aliphatic heterocycles. The van der Waals surface area contributed by atoms with E-state index in [0.717, 1.165) is 31.7 Å². The molecule has 16 heavy (non-hydrogen) atoms. The predicted molar refractivity (Wildman–Crippen MR) is 67.6 cm³/mol. The van der Waals surface area contributed by atoms with Gasteiger partial charge in [0, 0.05) is 25.9 Å². The summed E-state index contributed by atoms with van der Waals surface area (Å²) < 4.78 is 10.1. The maximum absolute atomic E-state index is 6.01. The summed E-state index contributed by atoms with van der Waals surface area (Å²) in [5.41, 5.74) is 1.02. The van der Waals surface area contributed by atoms with Crippen molar-refractivity contribution in [1.29, 1.82) is 0 Å². The van der Waals surface area contributed by atoms with Gasteiger partial charge in [0.05, 0.1) is 12.1 Å². The Morgan fingerprint density at radius 1 is 1.25 bits per heavy atom. The van der Waals surface area contributed by atoms with Crippen LogP contribution in [0.15, 0.2) is 18.2 Å². The van der Waals surface area contributed by atoms with Crippen LogP contribution in [0.1, 0.15) is 12.8 Å². The van der Waals surface area contributed by atoms with Crippen LogP contribution in [0.5, 0.6) is 5.75 Å². The molecule has 0 saturated carbocycles. The summed E-state index contributed by atoms with van der Waals surface area (Å²) in [4.78, 5) is 0. The van der Waals surface area contributed by atoms with Crippen molar-refractivity contribution in [2.45, 2.75) is 12.8 Å². The lowest BCUT2D eigenvalue weighted by molar-refractivity contribution is 0.194. The van der Waals surface area contributed by atoms with Crippen LogP contribution < -0.4 is 10.1 Å². The van der Waals surface area contributed by atoms with Crippen molar-refractivity contribution in [2.24, 2.45) is 0 Å². The van der Waals surface area contributed by atoms with E-state index < -0.39 is 0 Å². The number of hydrogen-bond donors (Lipinski definition) is 1. The summed E-state index contributed by atoms with van der Waals surface area (Å²) in [5, 5.41) is 3.93. The number of hydrogen-bond acceptors (Lipinski definition) is 3. The van der Waals surface area contributed by atoms with Crippen molar-refractivity contribution in [1.82, 2.24) is 0 Å². The molecule has 1 aromatic carbocycles. The molecule has 0 aromatic heterocycles. The lowest BCUT2D eigenvalue weighted by Gasteiger charge is -2.08. The smallest absolute Gasteiger partial charge is 0.137 e. The summed E-state index contributed by atoms with van der Waals surface area (Å²) in [6.07, 6.45) is 2.14. The van der Waals surface area contributed by atoms with Crippen molar-refractivity contribution in [3.63, 3.8) is 0 Å². The monoisotopic (exact) mass is 243 g/mol. The van der Waals surface area contributed by atoms with Crippen LogP contribution in [0.3, 0.4) is 0 Å². The van der Waals surface area contributed by atoms with Gasteiger partial charge in [0.15, 0.2) is 0 Å². The number of rotatable bonds is 7. The highest BCUT2D eigenvalue weighted by molar-refractivity contribution is 6.32. The standard InChI is InChI=1S/C12H18ClNO2/c1-15-8-4-3-7-14-10-5-6-12(16-2)11(13)9-10/h5-6,9,14H,3-4,7-8H2,1-2H3. The average molecular weight is 244 g/mol. The molecule has 0 radical (unpaired) electrons. The van der Waals surface area contributed by atoms with E-state index in [1.807, 2.05) is 18.2 Å². The maximum atomic E-state index is 6.01. The minimum absolute atomic E-state index is 0.629. The fraction of sp³-hybridized carbons (Fsp3) is 0.500. The van der Waals surface area contributed by atoms with Gasteiger partial charge in [0.25, 0.3) is 0 Å². The minimum atomic E-state index is 0.629. The first-order chi connectivity index (χ1) is 7.77. The Morgan fingerprint density at radius 2 is 2.06 bits per heavy atom. The first kappa shape index (κ1) is 13.1. The van der Waals surface area contributed by atoms with Crippen molar-refractivity contribution in [2.75, 3.05) is 32.7 Å².